The van der Waals surface area contributed by atoms with E-state index < -0.39 is 23.1 Å². The van der Waals surface area contributed by atoms with Gasteiger partial charge in [-0.3, -0.25) is 14.4 Å². The third-order valence-electron chi connectivity index (χ3n) is 7.35. The number of carbonyl (C=O) groups excluding carboxylic acids is 3. The van der Waals surface area contributed by atoms with Gasteiger partial charge in [-0.1, -0.05) is 81.4 Å². The highest BCUT2D eigenvalue weighted by atomic mass is 16.2. The van der Waals surface area contributed by atoms with Gasteiger partial charge in [0.1, 0.15) is 6.04 Å². The number of nitrogens with one attached hydrogen (secondary N) is 1. The van der Waals surface area contributed by atoms with E-state index in [1.165, 1.54) is 16.0 Å². The Morgan fingerprint density at radius 3 is 1.97 bits per heavy atom. The second-order valence-electron chi connectivity index (χ2n) is 10.3. The maximum Gasteiger partial charge on any atom is 0.291 e. The van der Waals surface area contributed by atoms with Gasteiger partial charge in [0.15, 0.2) is 0 Å². The topological polar surface area (TPSA) is 66.5 Å². The second kappa shape index (κ2) is 12.7. The minimum atomic E-state index is -0.719. The Bertz CT molecular complexity index is 928. The summed E-state index contributed by atoms with van der Waals surface area (Å²) in [5, 5.41) is 3.26. The van der Waals surface area contributed by atoms with Crippen molar-refractivity contribution in [2.24, 2.45) is 5.41 Å². The SMILES string of the molecule is CCC(C)(C)C(=O)C(=O)N1CCCC[C@H]1C(=O)NC(CCc1ccccc1)CCc1ccccc1. The number of Topliss-reactive ketones (excluding diaryl/α,β-unsaturated/α-hetero) is 1. The Balaban J connectivity index is 1.70. The molecule has 5 heteroatoms. The lowest BCUT2D eigenvalue weighted by atomic mass is 9.84. The summed E-state index contributed by atoms with van der Waals surface area (Å²) in [6, 6.07) is 20.0. The average Bonchev–Trinajstić information content (AvgIpc) is 2.90. The van der Waals surface area contributed by atoms with Gasteiger partial charge in [-0.25, -0.2) is 0 Å². The quantitative estimate of drug-likeness (QED) is 0.458. The second-order valence-corrected chi connectivity index (χ2v) is 10.3. The lowest BCUT2D eigenvalue weighted by Gasteiger charge is -2.36. The molecule has 2 aromatic rings. The van der Waals surface area contributed by atoms with Crippen LogP contribution in [-0.4, -0.2) is 41.1 Å². The number of benzene rings is 2. The van der Waals surface area contributed by atoms with Gasteiger partial charge in [0.2, 0.25) is 11.7 Å². The van der Waals surface area contributed by atoms with E-state index in [0.29, 0.717) is 19.4 Å². The van der Waals surface area contributed by atoms with E-state index in [9.17, 15) is 14.4 Å². The molecular weight excluding hydrogens is 436 g/mol. The number of piperidine rings is 1. The van der Waals surface area contributed by atoms with Crippen LogP contribution in [0.2, 0.25) is 0 Å². The molecule has 2 aromatic carbocycles. The molecule has 0 unspecified atom stereocenters. The zero-order chi connectivity index (χ0) is 25.3. The molecule has 2 amide bonds. The van der Waals surface area contributed by atoms with E-state index in [1.807, 2.05) is 43.3 Å². The van der Waals surface area contributed by atoms with Crippen molar-refractivity contribution in [3.63, 3.8) is 0 Å². The van der Waals surface area contributed by atoms with Gasteiger partial charge in [-0.2, -0.15) is 0 Å². The first-order valence-corrected chi connectivity index (χ1v) is 13.1. The number of likely N-dealkylation sites (tertiary alicyclic amines) is 1. The van der Waals surface area contributed by atoms with Crippen LogP contribution < -0.4 is 5.32 Å². The number of amides is 2. The molecule has 1 N–H and O–H groups in total. The Kier molecular flexibility index (Phi) is 9.64. The number of hydrogen-bond donors (Lipinski definition) is 1. The number of aryl methyl sites for hydroxylation is 2. The maximum absolute atomic E-state index is 13.5. The number of ketones is 1. The van der Waals surface area contributed by atoms with Crippen molar-refractivity contribution >= 4 is 17.6 Å². The summed E-state index contributed by atoms with van der Waals surface area (Å²) < 4.78 is 0. The van der Waals surface area contributed by atoms with Crippen LogP contribution in [-0.2, 0) is 27.2 Å². The summed E-state index contributed by atoms with van der Waals surface area (Å²) in [6.07, 6.45) is 6.28. The molecule has 188 valence electrons. The summed E-state index contributed by atoms with van der Waals surface area (Å²) in [4.78, 5) is 41.0. The van der Waals surface area contributed by atoms with Crippen LogP contribution in [0.25, 0.3) is 0 Å². The Morgan fingerprint density at radius 2 is 1.46 bits per heavy atom. The lowest BCUT2D eigenvalue weighted by molar-refractivity contribution is -0.154. The lowest BCUT2D eigenvalue weighted by Crippen LogP contribution is -2.56. The first-order valence-electron chi connectivity index (χ1n) is 13.1. The van der Waals surface area contributed by atoms with Gasteiger partial charge in [0.05, 0.1) is 0 Å². The average molecular weight is 477 g/mol. The zero-order valence-electron chi connectivity index (χ0n) is 21.5. The summed E-state index contributed by atoms with van der Waals surface area (Å²) in [6.45, 7) is 5.97. The van der Waals surface area contributed by atoms with E-state index in [1.54, 1.807) is 13.8 Å². The summed E-state index contributed by atoms with van der Waals surface area (Å²) in [7, 11) is 0. The Hall–Kier alpha value is -2.95. The predicted octanol–water partition coefficient (Wildman–Crippen LogP) is 5.12. The predicted molar refractivity (Wildman–Crippen MR) is 140 cm³/mol. The molecule has 1 fully saturated rings. The Morgan fingerprint density at radius 1 is 0.914 bits per heavy atom. The van der Waals surface area contributed by atoms with Crippen LogP contribution in [0.15, 0.2) is 60.7 Å². The number of carbonyl (C=O) groups is 3. The van der Waals surface area contributed by atoms with Gasteiger partial charge in [-0.05, 0) is 62.5 Å². The van der Waals surface area contributed by atoms with Crippen LogP contribution in [0.4, 0.5) is 0 Å². The minimum Gasteiger partial charge on any atom is -0.352 e. The van der Waals surface area contributed by atoms with E-state index in [4.69, 9.17) is 0 Å². The third-order valence-corrected chi connectivity index (χ3v) is 7.35. The molecule has 1 aliphatic heterocycles. The fourth-order valence-corrected chi connectivity index (χ4v) is 4.58. The number of rotatable bonds is 11. The molecule has 1 heterocycles. The maximum atomic E-state index is 13.5. The number of hydrogen-bond acceptors (Lipinski definition) is 3. The molecule has 1 aliphatic rings. The van der Waals surface area contributed by atoms with E-state index in [-0.39, 0.29) is 11.9 Å². The molecule has 0 aromatic heterocycles. The fourth-order valence-electron chi connectivity index (χ4n) is 4.58. The van der Waals surface area contributed by atoms with Gasteiger partial charge in [0.25, 0.3) is 5.91 Å². The molecule has 0 aliphatic carbocycles. The molecule has 0 bridgehead atoms. The minimum absolute atomic E-state index is 0.00965. The van der Waals surface area contributed by atoms with E-state index >= 15 is 0 Å². The van der Waals surface area contributed by atoms with Gasteiger partial charge in [-0.15, -0.1) is 0 Å². The molecule has 35 heavy (non-hydrogen) atoms. The van der Waals surface area contributed by atoms with Crippen molar-refractivity contribution in [1.82, 2.24) is 10.2 Å². The van der Waals surface area contributed by atoms with Crippen LogP contribution in [0, 0.1) is 5.41 Å². The summed E-state index contributed by atoms with van der Waals surface area (Å²) in [5.74, 6) is -1.04. The first-order chi connectivity index (χ1) is 16.8. The van der Waals surface area contributed by atoms with Crippen LogP contribution in [0.1, 0.15) is 70.4 Å². The monoisotopic (exact) mass is 476 g/mol. The normalized spacial score (nSPS) is 16.2. The summed E-state index contributed by atoms with van der Waals surface area (Å²) >= 11 is 0. The number of nitrogens with zero attached hydrogens (tertiary/aromatic N) is 1. The highest BCUT2D eigenvalue weighted by molar-refractivity contribution is 6.38. The van der Waals surface area contributed by atoms with Gasteiger partial charge in [0, 0.05) is 18.0 Å². The van der Waals surface area contributed by atoms with Crippen LogP contribution >= 0.6 is 0 Å². The van der Waals surface area contributed by atoms with E-state index in [2.05, 4.69) is 29.6 Å². The molecule has 0 saturated carbocycles. The van der Waals surface area contributed by atoms with E-state index in [0.717, 1.165) is 38.5 Å². The van der Waals surface area contributed by atoms with Crippen molar-refractivity contribution in [3.05, 3.63) is 71.8 Å². The fraction of sp³-hybridized carbons (Fsp3) is 0.500. The third kappa shape index (κ3) is 7.51. The highest BCUT2D eigenvalue weighted by Crippen LogP contribution is 2.25. The van der Waals surface area contributed by atoms with Crippen molar-refractivity contribution in [2.75, 3.05) is 6.54 Å². The van der Waals surface area contributed by atoms with Gasteiger partial charge < -0.3 is 10.2 Å². The van der Waals surface area contributed by atoms with Crippen LogP contribution in [0.3, 0.4) is 0 Å². The molecule has 0 radical (unpaired) electrons. The molecule has 1 atom stereocenters. The van der Waals surface area contributed by atoms with Crippen molar-refractivity contribution in [2.45, 2.75) is 84.2 Å². The van der Waals surface area contributed by atoms with Crippen molar-refractivity contribution in [1.29, 1.82) is 0 Å². The first kappa shape index (κ1) is 26.7. The molecular formula is C30H40N2O3. The van der Waals surface area contributed by atoms with Crippen LogP contribution in [0.5, 0.6) is 0 Å². The smallest absolute Gasteiger partial charge is 0.291 e. The van der Waals surface area contributed by atoms with Crippen molar-refractivity contribution in [3.8, 4) is 0 Å². The van der Waals surface area contributed by atoms with Gasteiger partial charge >= 0.3 is 0 Å². The molecule has 0 spiro atoms. The highest BCUT2D eigenvalue weighted by Gasteiger charge is 2.40. The summed E-state index contributed by atoms with van der Waals surface area (Å²) in [5.41, 5.74) is 1.77. The van der Waals surface area contributed by atoms with Crippen molar-refractivity contribution < 1.29 is 14.4 Å². The molecule has 1 saturated heterocycles. The largest absolute Gasteiger partial charge is 0.352 e. The zero-order valence-corrected chi connectivity index (χ0v) is 21.5. The molecule has 3 rings (SSSR count). The molecule has 5 nitrogen and oxygen atoms in total. The standard InChI is InChI=1S/C30H40N2O3/c1-4-30(2,3)27(33)29(35)32-22-12-11-17-26(32)28(34)31-25(20-18-23-13-7-5-8-14-23)21-19-24-15-9-6-10-16-24/h5-10,13-16,25-26H,4,11-12,17-22H2,1-3H3,(H,31,34)/t26-/m0/s1. The Labute approximate surface area is 210 Å².